The fraction of sp³-hybridized carbons (Fsp3) is 1.00. The predicted octanol–water partition coefficient (Wildman–Crippen LogP) is 1.67. The van der Waals surface area contributed by atoms with Gasteiger partial charge in [-0.1, -0.05) is 6.92 Å². The zero-order valence-corrected chi connectivity index (χ0v) is 11.1. The second-order valence-corrected chi connectivity index (χ2v) is 6.16. The molecule has 2 heterocycles. The Balaban J connectivity index is 1.96. The van der Waals surface area contributed by atoms with E-state index in [4.69, 9.17) is 9.47 Å². The second-order valence-electron chi connectivity index (χ2n) is 4.71. The Labute approximate surface area is 103 Å². The molecule has 1 N–H and O–H groups in total. The number of hydrogen-bond acceptors (Lipinski definition) is 4. The number of hydrogen-bond donors (Lipinski definition) is 1. The SMILES string of the molecule is COCCCC1NCCOC12CCSC2C. The van der Waals surface area contributed by atoms with Crippen LogP contribution in [0.2, 0.25) is 0 Å². The summed E-state index contributed by atoms with van der Waals surface area (Å²) in [6.45, 7) is 5.03. The lowest BCUT2D eigenvalue weighted by molar-refractivity contribution is -0.0952. The van der Waals surface area contributed by atoms with Crippen molar-refractivity contribution in [2.24, 2.45) is 0 Å². The quantitative estimate of drug-likeness (QED) is 0.763. The van der Waals surface area contributed by atoms with Gasteiger partial charge in [0.15, 0.2) is 0 Å². The molecule has 0 aliphatic carbocycles. The van der Waals surface area contributed by atoms with Crippen LogP contribution in [0.5, 0.6) is 0 Å². The molecule has 0 radical (unpaired) electrons. The van der Waals surface area contributed by atoms with E-state index in [1.165, 1.54) is 18.6 Å². The lowest BCUT2D eigenvalue weighted by Gasteiger charge is -2.44. The van der Waals surface area contributed by atoms with Gasteiger partial charge in [-0.2, -0.15) is 11.8 Å². The highest BCUT2D eigenvalue weighted by Gasteiger charge is 2.49. The molecule has 94 valence electrons. The maximum absolute atomic E-state index is 6.16. The van der Waals surface area contributed by atoms with E-state index in [2.05, 4.69) is 12.2 Å². The van der Waals surface area contributed by atoms with Gasteiger partial charge < -0.3 is 14.8 Å². The van der Waals surface area contributed by atoms with E-state index < -0.39 is 0 Å². The summed E-state index contributed by atoms with van der Waals surface area (Å²) in [6.07, 6.45) is 3.49. The van der Waals surface area contributed by atoms with E-state index in [9.17, 15) is 0 Å². The van der Waals surface area contributed by atoms with Gasteiger partial charge in [0.05, 0.1) is 12.2 Å². The van der Waals surface area contributed by atoms with E-state index in [1.54, 1.807) is 7.11 Å². The summed E-state index contributed by atoms with van der Waals surface area (Å²) in [5, 5.41) is 4.27. The van der Waals surface area contributed by atoms with Crippen molar-refractivity contribution in [1.29, 1.82) is 0 Å². The Morgan fingerprint density at radius 3 is 3.12 bits per heavy atom. The number of rotatable bonds is 4. The molecule has 0 bridgehead atoms. The summed E-state index contributed by atoms with van der Waals surface area (Å²) in [5.74, 6) is 1.24. The molecule has 4 heteroatoms. The van der Waals surface area contributed by atoms with Gasteiger partial charge >= 0.3 is 0 Å². The number of ether oxygens (including phenoxy) is 2. The first-order chi connectivity index (χ1) is 7.79. The Kier molecular flexibility index (Phi) is 4.53. The zero-order valence-electron chi connectivity index (χ0n) is 10.3. The van der Waals surface area contributed by atoms with Gasteiger partial charge in [0.2, 0.25) is 0 Å². The average Bonchev–Trinajstić information content (AvgIpc) is 2.65. The summed E-state index contributed by atoms with van der Waals surface area (Å²) < 4.78 is 11.3. The van der Waals surface area contributed by atoms with Crippen molar-refractivity contribution in [2.75, 3.05) is 32.6 Å². The smallest absolute Gasteiger partial charge is 0.0958 e. The van der Waals surface area contributed by atoms with Crippen LogP contribution in [0.25, 0.3) is 0 Å². The van der Waals surface area contributed by atoms with Gasteiger partial charge in [0.1, 0.15) is 0 Å². The fourth-order valence-electron chi connectivity index (χ4n) is 2.91. The normalized spacial score (nSPS) is 39.4. The van der Waals surface area contributed by atoms with Crippen molar-refractivity contribution < 1.29 is 9.47 Å². The summed E-state index contributed by atoms with van der Waals surface area (Å²) in [5.41, 5.74) is 0.0939. The van der Waals surface area contributed by atoms with Crippen LogP contribution in [0.4, 0.5) is 0 Å². The average molecular weight is 245 g/mol. The Morgan fingerprint density at radius 1 is 1.56 bits per heavy atom. The number of methoxy groups -OCH3 is 1. The molecular formula is C12H23NO2S. The van der Waals surface area contributed by atoms with Crippen LogP contribution in [0.1, 0.15) is 26.2 Å². The van der Waals surface area contributed by atoms with Gasteiger partial charge in [-0.25, -0.2) is 0 Å². The summed E-state index contributed by atoms with van der Waals surface area (Å²) in [6, 6.07) is 0.515. The molecule has 1 spiro atoms. The van der Waals surface area contributed by atoms with Gasteiger partial charge in [-0.05, 0) is 25.0 Å². The molecule has 0 aromatic carbocycles. The zero-order chi connectivity index (χ0) is 11.4. The molecule has 0 saturated carbocycles. The first-order valence-electron chi connectivity index (χ1n) is 6.27. The monoisotopic (exact) mass is 245 g/mol. The van der Waals surface area contributed by atoms with Crippen LogP contribution in [-0.4, -0.2) is 49.5 Å². The number of nitrogens with one attached hydrogen (secondary N) is 1. The highest BCUT2D eigenvalue weighted by molar-refractivity contribution is 8.00. The summed E-state index contributed by atoms with van der Waals surface area (Å²) >= 11 is 2.05. The molecule has 0 aromatic heterocycles. The molecule has 0 aromatic rings. The highest BCUT2D eigenvalue weighted by Crippen LogP contribution is 2.43. The third kappa shape index (κ3) is 2.40. The standard InChI is InChI=1S/C12H23NO2S/c1-10-12(5-9-16-10)11(4-3-7-14-2)13-6-8-15-12/h10-11,13H,3-9H2,1-2H3. The molecule has 2 fully saturated rings. The number of thioether (sulfide) groups is 1. The third-order valence-corrected chi connectivity index (χ3v) is 5.18. The van der Waals surface area contributed by atoms with Crippen LogP contribution in [0.15, 0.2) is 0 Å². The molecule has 3 unspecified atom stereocenters. The van der Waals surface area contributed by atoms with Crippen LogP contribution in [0.3, 0.4) is 0 Å². The molecule has 3 nitrogen and oxygen atoms in total. The maximum atomic E-state index is 6.16. The molecular weight excluding hydrogens is 222 g/mol. The topological polar surface area (TPSA) is 30.5 Å². The van der Waals surface area contributed by atoms with E-state index in [1.807, 2.05) is 11.8 Å². The first-order valence-corrected chi connectivity index (χ1v) is 7.32. The minimum absolute atomic E-state index is 0.0939. The van der Waals surface area contributed by atoms with E-state index in [0.29, 0.717) is 11.3 Å². The molecule has 2 aliphatic rings. The van der Waals surface area contributed by atoms with Crippen molar-refractivity contribution in [3.63, 3.8) is 0 Å². The van der Waals surface area contributed by atoms with E-state index >= 15 is 0 Å². The Hall–Kier alpha value is 0.230. The minimum Gasteiger partial charge on any atom is -0.385 e. The minimum atomic E-state index is 0.0939. The number of morpholine rings is 1. The van der Waals surface area contributed by atoms with Crippen molar-refractivity contribution in [3.05, 3.63) is 0 Å². The van der Waals surface area contributed by atoms with Crippen molar-refractivity contribution >= 4 is 11.8 Å². The second kappa shape index (κ2) is 5.71. The lowest BCUT2D eigenvalue weighted by Crippen LogP contribution is -2.60. The van der Waals surface area contributed by atoms with Crippen molar-refractivity contribution in [3.8, 4) is 0 Å². The third-order valence-electron chi connectivity index (χ3n) is 3.84. The summed E-state index contributed by atoms with van der Waals surface area (Å²) in [7, 11) is 1.77. The van der Waals surface area contributed by atoms with Crippen LogP contribution in [-0.2, 0) is 9.47 Å². The predicted molar refractivity (Wildman–Crippen MR) is 68.1 cm³/mol. The molecule has 16 heavy (non-hydrogen) atoms. The molecule has 2 rings (SSSR count). The van der Waals surface area contributed by atoms with Crippen LogP contribution in [0, 0.1) is 0 Å². The van der Waals surface area contributed by atoms with Gasteiger partial charge in [0.25, 0.3) is 0 Å². The lowest BCUT2D eigenvalue weighted by atomic mass is 9.84. The van der Waals surface area contributed by atoms with Gasteiger partial charge in [-0.15, -0.1) is 0 Å². The molecule has 3 atom stereocenters. The Morgan fingerprint density at radius 2 is 2.44 bits per heavy atom. The fourth-order valence-corrected chi connectivity index (χ4v) is 4.34. The summed E-state index contributed by atoms with van der Waals surface area (Å²) in [4.78, 5) is 0. The highest BCUT2D eigenvalue weighted by atomic mass is 32.2. The molecule has 0 amide bonds. The van der Waals surface area contributed by atoms with E-state index in [-0.39, 0.29) is 5.60 Å². The van der Waals surface area contributed by atoms with Crippen molar-refractivity contribution in [2.45, 2.75) is 43.1 Å². The van der Waals surface area contributed by atoms with Crippen molar-refractivity contribution in [1.82, 2.24) is 5.32 Å². The largest absolute Gasteiger partial charge is 0.385 e. The molecule has 2 aliphatic heterocycles. The van der Waals surface area contributed by atoms with Gasteiger partial charge in [-0.3, -0.25) is 0 Å². The molecule has 2 saturated heterocycles. The van der Waals surface area contributed by atoms with Crippen LogP contribution >= 0.6 is 11.8 Å². The first kappa shape index (κ1) is 12.7. The van der Waals surface area contributed by atoms with E-state index in [0.717, 1.165) is 26.2 Å². The van der Waals surface area contributed by atoms with Crippen LogP contribution < -0.4 is 5.32 Å². The van der Waals surface area contributed by atoms with Gasteiger partial charge in [0, 0.05) is 31.6 Å². The Bertz CT molecular complexity index is 227. The maximum Gasteiger partial charge on any atom is 0.0958 e.